The average molecular weight is 303 g/mol. The number of hydrazine groups is 1. The molecule has 4 heteroatoms. The Morgan fingerprint density at radius 1 is 1.16 bits per heavy atom. The van der Waals surface area contributed by atoms with Gasteiger partial charge in [0.2, 0.25) is 0 Å². The van der Waals surface area contributed by atoms with Crippen molar-refractivity contribution in [2.24, 2.45) is 5.84 Å². The van der Waals surface area contributed by atoms with Gasteiger partial charge in [-0.05, 0) is 30.5 Å². The highest BCUT2D eigenvalue weighted by Crippen LogP contribution is 2.23. The second kappa shape index (κ2) is 9.60. The van der Waals surface area contributed by atoms with E-state index in [0.717, 1.165) is 23.4 Å². The lowest BCUT2D eigenvalue weighted by Gasteiger charge is -2.16. The lowest BCUT2D eigenvalue weighted by atomic mass is 10.0. The molecule has 2 nitrogen and oxygen atoms in total. The summed E-state index contributed by atoms with van der Waals surface area (Å²) < 4.78 is 0. The average Bonchev–Trinajstić information content (AvgIpc) is 2.39. The predicted molar refractivity (Wildman–Crippen MR) is 84.7 cm³/mol. The maximum Gasteiger partial charge on any atom is 0.0453 e. The van der Waals surface area contributed by atoms with Crippen LogP contribution in [0.2, 0.25) is 10.0 Å². The number of nitrogens with one attached hydrogen (secondary N) is 1. The predicted octanol–water partition coefficient (Wildman–Crippen LogP) is 4.73. The summed E-state index contributed by atoms with van der Waals surface area (Å²) in [5.41, 5.74) is 3.99. The molecule has 0 saturated carbocycles. The fraction of sp³-hybridized carbons (Fsp3) is 0.600. The van der Waals surface area contributed by atoms with Crippen molar-refractivity contribution in [1.29, 1.82) is 0 Å². The van der Waals surface area contributed by atoms with E-state index in [1.165, 1.54) is 32.1 Å². The molecule has 0 aliphatic rings. The Labute approximate surface area is 126 Å². The van der Waals surface area contributed by atoms with Gasteiger partial charge in [0.25, 0.3) is 0 Å². The van der Waals surface area contributed by atoms with Crippen molar-refractivity contribution in [3.05, 3.63) is 33.8 Å². The summed E-state index contributed by atoms with van der Waals surface area (Å²) in [4.78, 5) is 0. The molecule has 3 N–H and O–H groups in total. The largest absolute Gasteiger partial charge is 0.271 e. The molecule has 19 heavy (non-hydrogen) atoms. The van der Waals surface area contributed by atoms with Gasteiger partial charge < -0.3 is 0 Å². The Balaban J connectivity index is 2.39. The maximum atomic E-state index is 6.18. The van der Waals surface area contributed by atoms with E-state index in [9.17, 15) is 0 Å². The van der Waals surface area contributed by atoms with Crippen LogP contribution in [0.3, 0.4) is 0 Å². The molecule has 1 atom stereocenters. The fourth-order valence-corrected chi connectivity index (χ4v) is 2.68. The summed E-state index contributed by atoms with van der Waals surface area (Å²) in [7, 11) is 0. The number of rotatable bonds is 9. The third-order valence-corrected chi connectivity index (χ3v) is 3.96. The molecule has 108 valence electrons. The number of halogens is 2. The van der Waals surface area contributed by atoms with Crippen molar-refractivity contribution >= 4 is 23.2 Å². The number of benzene rings is 1. The van der Waals surface area contributed by atoms with Crippen molar-refractivity contribution in [3.63, 3.8) is 0 Å². The third kappa shape index (κ3) is 6.62. The first-order valence-corrected chi connectivity index (χ1v) is 7.83. The van der Waals surface area contributed by atoms with Gasteiger partial charge in [-0.2, -0.15) is 0 Å². The van der Waals surface area contributed by atoms with Crippen molar-refractivity contribution in [1.82, 2.24) is 5.43 Å². The second-order valence-electron chi connectivity index (χ2n) is 5.01. The first-order chi connectivity index (χ1) is 9.17. The van der Waals surface area contributed by atoms with Gasteiger partial charge in [-0.1, -0.05) is 68.3 Å². The number of hydrogen-bond acceptors (Lipinski definition) is 2. The second-order valence-corrected chi connectivity index (χ2v) is 5.85. The standard InChI is InChI=1S/C15H24Cl2N2/c1-2-3-4-5-6-7-14(19-18)10-12-8-9-13(16)11-15(12)17/h8-9,11,14,19H,2-7,10,18H2,1H3. The number of hydrogen-bond donors (Lipinski definition) is 2. The normalized spacial score (nSPS) is 12.6. The number of nitrogens with two attached hydrogens (primary N) is 1. The van der Waals surface area contributed by atoms with Crippen LogP contribution in [0.1, 0.15) is 51.0 Å². The molecule has 0 saturated heterocycles. The Morgan fingerprint density at radius 3 is 2.53 bits per heavy atom. The smallest absolute Gasteiger partial charge is 0.0453 e. The van der Waals surface area contributed by atoms with Gasteiger partial charge in [0.1, 0.15) is 0 Å². The van der Waals surface area contributed by atoms with Crippen molar-refractivity contribution < 1.29 is 0 Å². The molecule has 0 bridgehead atoms. The molecule has 1 unspecified atom stereocenters. The molecule has 0 aliphatic carbocycles. The number of unbranched alkanes of at least 4 members (excludes halogenated alkanes) is 4. The first kappa shape index (κ1) is 16.8. The molecule has 0 spiro atoms. The first-order valence-electron chi connectivity index (χ1n) is 7.07. The van der Waals surface area contributed by atoms with Gasteiger partial charge in [-0.15, -0.1) is 0 Å². The van der Waals surface area contributed by atoms with Crippen molar-refractivity contribution in [3.8, 4) is 0 Å². The minimum absolute atomic E-state index is 0.278. The van der Waals surface area contributed by atoms with Crippen LogP contribution in [0.5, 0.6) is 0 Å². The summed E-state index contributed by atoms with van der Waals surface area (Å²) >= 11 is 12.1. The van der Waals surface area contributed by atoms with Gasteiger partial charge in [0.15, 0.2) is 0 Å². The Morgan fingerprint density at radius 2 is 1.89 bits per heavy atom. The lowest BCUT2D eigenvalue weighted by Crippen LogP contribution is -2.36. The zero-order valence-electron chi connectivity index (χ0n) is 11.6. The van der Waals surface area contributed by atoms with E-state index in [-0.39, 0.29) is 6.04 Å². The Kier molecular flexibility index (Phi) is 8.47. The van der Waals surface area contributed by atoms with Crippen LogP contribution in [0.15, 0.2) is 18.2 Å². The Bertz CT molecular complexity index is 369. The highest BCUT2D eigenvalue weighted by molar-refractivity contribution is 6.35. The van der Waals surface area contributed by atoms with Crippen LogP contribution in [0, 0.1) is 0 Å². The van der Waals surface area contributed by atoms with E-state index in [0.29, 0.717) is 5.02 Å². The van der Waals surface area contributed by atoms with Gasteiger partial charge in [-0.25, -0.2) is 0 Å². The monoisotopic (exact) mass is 302 g/mol. The molecule has 0 radical (unpaired) electrons. The van der Waals surface area contributed by atoms with Gasteiger partial charge in [0, 0.05) is 16.1 Å². The lowest BCUT2D eigenvalue weighted by molar-refractivity contribution is 0.461. The minimum Gasteiger partial charge on any atom is -0.271 e. The van der Waals surface area contributed by atoms with Crippen LogP contribution in [0.25, 0.3) is 0 Å². The molecule has 0 amide bonds. The topological polar surface area (TPSA) is 38.0 Å². The fourth-order valence-electron chi connectivity index (χ4n) is 2.19. The molecular formula is C15H24Cl2N2. The molecule has 0 aliphatic heterocycles. The van der Waals surface area contributed by atoms with E-state index >= 15 is 0 Å². The van der Waals surface area contributed by atoms with Crippen LogP contribution in [-0.2, 0) is 6.42 Å². The maximum absolute atomic E-state index is 6.18. The molecule has 0 aromatic heterocycles. The summed E-state index contributed by atoms with van der Waals surface area (Å²) in [6.07, 6.45) is 8.33. The minimum atomic E-state index is 0.278. The van der Waals surface area contributed by atoms with E-state index in [2.05, 4.69) is 12.3 Å². The van der Waals surface area contributed by atoms with Crippen molar-refractivity contribution in [2.45, 2.75) is 57.9 Å². The van der Waals surface area contributed by atoms with E-state index < -0.39 is 0 Å². The molecule has 0 fully saturated rings. The van der Waals surface area contributed by atoms with Crippen LogP contribution < -0.4 is 11.3 Å². The molecule has 1 aromatic rings. The third-order valence-electron chi connectivity index (χ3n) is 3.37. The van der Waals surface area contributed by atoms with Gasteiger partial charge >= 0.3 is 0 Å². The zero-order chi connectivity index (χ0) is 14.1. The van der Waals surface area contributed by atoms with E-state index in [1.54, 1.807) is 6.07 Å². The van der Waals surface area contributed by atoms with Crippen molar-refractivity contribution in [2.75, 3.05) is 0 Å². The van der Waals surface area contributed by atoms with E-state index in [4.69, 9.17) is 29.0 Å². The highest BCUT2D eigenvalue weighted by Gasteiger charge is 2.10. The Hall–Kier alpha value is -0.280. The SMILES string of the molecule is CCCCCCCC(Cc1ccc(Cl)cc1Cl)NN. The molecular weight excluding hydrogens is 279 g/mol. The molecule has 1 rings (SSSR count). The van der Waals surface area contributed by atoms with Crippen LogP contribution >= 0.6 is 23.2 Å². The summed E-state index contributed by atoms with van der Waals surface area (Å²) in [6.45, 7) is 2.23. The summed E-state index contributed by atoms with van der Waals surface area (Å²) in [5.74, 6) is 5.62. The zero-order valence-corrected chi connectivity index (χ0v) is 13.1. The van der Waals surface area contributed by atoms with Gasteiger partial charge in [-0.3, -0.25) is 11.3 Å². The quantitative estimate of drug-likeness (QED) is 0.393. The highest BCUT2D eigenvalue weighted by atomic mass is 35.5. The summed E-state index contributed by atoms with van der Waals surface area (Å²) in [5, 5.41) is 1.39. The molecule has 1 aromatic carbocycles. The van der Waals surface area contributed by atoms with Crippen LogP contribution in [-0.4, -0.2) is 6.04 Å². The van der Waals surface area contributed by atoms with Gasteiger partial charge in [0.05, 0.1) is 0 Å². The molecule has 0 heterocycles. The van der Waals surface area contributed by atoms with Crippen LogP contribution in [0.4, 0.5) is 0 Å². The van der Waals surface area contributed by atoms with E-state index in [1.807, 2.05) is 12.1 Å². The summed E-state index contributed by atoms with van der Waals surface area (Å²) in [6, 6.07) is 5.91.